The molecule has 6 nitrogen and oxygen atoms in total. The maximum absolute atomic E-state index is 9.91. The summed E-state index contributed by atoms with van der Waals surface area (Å²) in [6, 6.07) is 15.4. The van der Waals surface area contributed by atoms with Crippen LogP contribution in [-0.4, -0.2) is 17.6 Å². The first-order valence-corrected chi connectivity index (χ1v) is 9.42. The topological polar surface area (TPSA) is 120 Å². The number of hydrogen-bond acceptors (Lipinski definition) is 5. The highest BCUT2D eigenvalue weighted by molar-refractivity contribution is 6.14. The zero-order valence-electron chi connectivity index (χ0n) is 15.8. The van der Waals surface area contributed by atoms with E-state index in [-0.39, 0.29) is 18.3 Å². The summed E-state index contributed by atoms with van der Waals surface area (Å²) >= 11 is 0. The maximum atomic E-state index is 9.91. The fourth-order valence-electron chi connectivity index (χ4n) is 3.83. The van der Waals surface area contributed by atoms with Gasteiger partial charge < -0.3 is 0 Å². The maximum Gasteiger partial charge on any atom is 0.234 e. The van der Waals surface area contributed by atoms with Gasteiger partial charge in [0.15, 0.2) is 11.3 Å². The molecule has 1 aliphatic heterocycles. The number of rotatable bonds is 2. The van der Waals surface area contributed by atoms with Gasteiger partial charge >= 0.3 is 0 Å². The van der Waals surface area contributed by atoms with Crippen molar-refractivity contribution in [2.75, 3.05) is 0 Å². The van der Waals surface area contributed by atoms with Gasteiger partial charge in [0.2, 0.25) is 5.41 Å². The molecular formula is C22H20N6. The molecule has 0 spiro atoms. The lowest BCUT2D eigenvalue weighted by Crippen LogP contribution is -2.49. The van der Waals surface area contributed by atoms with Gasteiger partial charge in [-0.05, 0) is 25.3 Å². The standard InChI is InChI=1S/C22H20N6/c1-16-7-9-17(10-8-16)19-11-21(12-23,13-24)22(14-25,15-26)20(28-19)27-18-5-3-2-4-6-18/h7-10,18H,2-6,11H2,1H3. The minimum Gasteiger partial charge on any atom is -0.265 e. The highest BCUT2D eigenvalue weighted by Gasteiger charge is 2.61. The molecule has 0 N–H and O–H groups in total. The first-order valence-electron chi connectivity index (χ1n) is 9.42. The van der Waals surface area contributed by atoms with Crippen LogP contribution in [0.1, 0.15) is 49.7 Å². The Morgan fingerprint density at radius 3 is 2.07 bits per heavy atom. The third-order valence-electron chi connectivity index (χ3n) is 5.63. The molecule has 3 rings (SSSR count). The molecule has 0 amide bonds. The van der Waals surface area contributed by atoms with Crippen molar-refractivity contribution in [2.24, 2.45) is 20.8 Å². The highest BCUT2D eigenvalue weighted by Crippen LogP contribution is 2.47. The van der Waals surface area contributed by atoms with Crippen LogP contribution in [0.4, 0.5) is 0 Å². The molecule has 28 heavy (non-hydrogen) atoms. The van der Waals surface area contributed by atoms with Crippen LogP contribution in [0.2, 0.25) is 0 Å². The first kappa shape index (κ1) is 19.3. The average molecular weight is 368 g/mol. The quantitative estimate of drug-likeness (QED) is 0.783. The monoisotopic (exact) mass is 368 g/mol. The van der Waals surface area contributed by atoms with Crippen LogP contribution in [0.5, 0.6) is 0 Å². The molecule has 6 heteroatoms. The second kappa shape index (κ2) is 7.64. The van der Waals surface area contributed by atoms with Crippen molar-refractivity contribution in [3.05, 3.63) is 35.4 Å². The van der Waals surface area contributed by atoms with Gasteiger partial charge in [0.05, 0.1) is 36.0 Å². The van der Waals surface area contributed by atoms with E-state index in [0.29, 0.717) is 5.71 Å². The summed E-state index contributed by atoms with van der Waals surface area (Å²) in [6.45, 7) is 1.97. The van der Waals surface area contributed by atoms with E-state index in [1.54, 1.807) is 0 Å². The van der Waals surface area contributed by atoms with Gasteiger partial charge in [-0.1, -0.05) is 49.1 Å². The summed E-state index contributed by atoms with van der Waals surface area (Å²) in [4.78, 5) is 9.24. The highest BCUT2D eigenvalue weighted by atomic mass is 15.0. The molecule has 1 heterocycles. The normalized spacial score (nSPS) is 22.2. The minimum absolute atomic E-state index is 0.00863. The van der Waals surface area contributed by atoms with Crippen molar-refractivity contribution in [2.45, 2.75) is 51.5 Å². The van der Waals surface area contributed by atoms with E-state index in [1.807, 2.05) is 55.5 Å². The fourth-order valence-corrected chi connectivity index (χ4v) is 3.83. The molecule has 1 aromatic carbocycles. The number of nitriles is 4. The summed E-state index contributed by atoms with van der Waals surface area (Å²) in [5.74, 6) is 0.00863. The van der Waals surface area contributed by atoms with Gasteiger partial charge in [-0.2, -0.15) is 21.0 Å². The molecule has 1 aliphatic carbocycles. The molecule has 1 saturated carbocycles. The molecule has 0 aromatic heterocycles. The lowest BCUT2D eigenvalue weighted by atomic mass is 9.61. The van der Waals surface area contributed by atoms with Gasteiger partial charge in [-0.25, -0.2) is 4.99 Å². The van der Waals surface area contributed by atoms with E-state index < -0.39 is 10.8 Å². The van der Waals surface area contributed by atoms with E-state index in [4.69, 9.17) is 0 Å². The second-order valence-corrected chi connectivity index (χ2v) is 7.45. The van der Waals surface area contributed by atoms with Gasteiger partial charge in [0.1, 0.15) is 0 Å². The number of amidine groups is 1. The molecule has 0 unspecified atom stereocenters. The lowest BCUT2D eigenvalue weighted by Gasteiger charge is -2.35. The SMILES string of the molecule is Cc1ccc(C2=NC(=NC3CCCCC3)C(C#N)(C#N)C(C#N)(C#N)C2)cc1. The van der Waals surface area contributed by atoms with Crippen LogP contribution in [0.15, 0.2) is 34.3 Å². The molecule has 1 fully saturated rings. The zero-order valence-corrected chi connectivity index (χ0v) is 15.8. The molecule has 138 valence electrons. The van der Waals surface area contributed by atoms with Gasteiger partial charge in [0, 0.05) is 6.42 Å². The van der Waals surface area contributed by atoms with Crippen molar-refractivity contribution in [1.29, 1.82) is 21.0 Å². The number of nitrogens with zero attached hydrogens (tertiary/aromatic N) is 6. The van der Waals surface area contributed by atoms with Crippen LogP contribution in [0, 0.1) is 63.1 Å². The van der Waals surface area contributed by atoms with Crippen LogP contribution in [0.3, 0.4) is 0 Å². The Morgan fingerprint density at radius 1 is 0.929 bits per heavy atom. The molecule has 0 saturated heterocycles. The third kappa shape index (κ3) is 3.05. The molecular weight excluding hydrogens is 348 g/mol. The van der Waals surface area contributed by atoms with E-state index in [2.05, 4.69) is 9.98 Å². The molecule has 2 aliphatic rings. The Bertz CT molecular complexity index is 954. The van der Waals surface area contributed by atoms with Crippen molar-refractivity contribution in [3.8, 4) is 24.3 Å². The van der Waals surface area contributed by atoms with Crippen LogP contribution < -0.4 is 0 Å². The van der Waals surface area contributed by atoms with Gasteiger partial charge in [-0.15, -0.1) is 0 Å². The lowest BCUT2D eigenvalue weighted by molar-refractivity contribution is 0.386. The van der Waals surface area contributed by atoms with Crippen LogP contribution in [-0.2, 0) is 0 Å². The van der Waals surface area contributed by atoms with Crippen LogP contribution in [0.25, 0.3) is 0 Å². The molecule has 1 aromatic rings. The predicted octanol–water partition coefficient (Wildman–Crippen LogP) is 3.99. The Labute approximate surface area is 165 Å². The van der Waals surface area contributed by atoms with E-state index in [1.165, 1.54) is 0 Å². The molecule has 0 radical (unpaired) electrons. The Morgan fingerprint density at radius 2 is 1.54 bits per heavy atom. The summed E-state index contributed by atoms with van der Waals surface area (Å²) in [5, 5.41) is 39.6. The summed E-state index contributed by atoms with van der Waals surface area (Å²) in [5.41, 5.74) is -1.50. The van der Waals surface area contributed by atoms with Crippen molar-refractivity contribution >= 4 is 11.5 Å². The van der Waals surface area contributed by atoms with Gasteiger partial charge in [-0.3, -0.25) is 4.99 Å². The van der Waals surface area contributed by atoms with Crippen LogP contribution >= 0.6 is 0 Å². The number of aryl methyl sites for hydroxylation is 1. The third-order valence-corrected chi connectivity index (χ3v) is 5.63. The Hall–Kier alpha value is -3.48. The smallest absolute Gasteiger partial charge is 0.234 e. The minimum atomic E-state index is -2.00. The Kier molecular flexibility index (Phi) is 5.26. The fraction of sp³-hybridized carbons (Fsp3) is 0.455. The zero-order chi connectivity index (χ0) is 20.2. The predicted molar refractivity (Wildman–Crippen MR) is 104 cm³/mol. The first-order chi connectivity index (χ1) is 13.5. The van der Waals surface area contributed by atoms with Gasteiger partial charge in [0.25, 0.3) is 0 Å². The number of aliphatic imine (C=N–C) groups is 2. The number of benzene rings is 1. The summed E-state index contributed by atoms with van der Waals surface area (Å²) < 4.78 is 0. The van der Waals surface area contributed by atoms with Crippen molar-refractivity contribution in [3.63, 3.8) is 0 Å². The summed E-state index contributed by atoms with van der Waals surface area (Å²) in [7, 11) is 0. The van der Waals surface area contributed by atoms with Crippen molar-refractivity contribution in [1.82, 2.24) is 0 Å². The molecule has 0 atom stereocenters. The number of hydrogen-bond donors (Lipinski definition) is 0. The van der Waals surface area contributed by atoms with E-state index in [0.717, 1.165) is 43.2 Å². The largest absolute Gasteiger partial charge is 0.265 e. The summed E-state index contributed by atoms with van der Waals surface area (Å²) in [6.07, 6.45) is 4.83. The van der Waals surface area contributed by atoms with Crippen molar-refractivity contribution < 1.29 is 0 Å². The van der Waals surface area contributed by atoms with E-state index in [9.17, 15) is 21.0 Å². The Balaban J connectivity index is 2.22. The average Bonchev–Trinajstić information content (AvgIpc) is 2.74. The van der Waals surface area contributed by atoms with E-state index >= 15 is 0 Å². The second-order valence-electron chi connectivity index (χ2n) is 7.45. The molecule has 0 bridgehead atoms.